The average Bonchev–Trinajstić information content (AvgIpc) is 2.32. The zero-order valence-electron chi connectivity index (χ0n) is 10.1. The molecule has 0 unspecified atom stereocenters. The van der Waals surface area contributed by atoms with Crippen LogP contribution in [0.1, 0.15) is 26.2 Å². The Hall–Kier alpha value is -0.440. The van der Waals surface area contributed by atoms with Crippen molar-refractivity contribution in [3.63, 3.8) is 0 Å². The van der Waals surface area contributed by atoms with E-state index in [1.165, 1.54) is 6.42 Å². The molecule has 0 spiro atoms. The molecule has 1 N–H and O–H groups in total. The highest BCUT2D eigenvalue weighted by molar-refractivity contribution is 6.42. The Balaban J connectivity index is 2.11. The van der Waals surface area contributed by atoms with Gasteiger partial charge in [-0.1, -0.05) is 30.1 Å². The highest BCUT2D eigenvalue weighted by atomic mass is 35.5. The van der Waals surface area contributed by atoms with E-state index in [4.69, 9.17) is 27.9 Å². The number of nitrogens with one attached hydrogen (secondary N) is 1. The van der Waals surface area contributed by atoms with Crippen LogP contribution >= 0.6 is 23.2 Å². The van der Waals surface area contributed by atoms with Crippen LogP contribution in [0.4, 0.5) is 0 Å². The zero-order valence-corrected chi connectivity index (χ0v) is 11.7. The van der Waals surface area contributed by atoms with Gasteiger partial charge in [0.05, 0.1) is 16.7 Å². The summed E-state index contributed by atoms with van der Waals surface area (Å²) in [7, 11) is 0. The fraction of sp³-hybridized carbons (Fsp3) is 0.538. The summed E-state index contributed by atoms with van der Waals surface area (Å²) in [6, 6.07) is 5.34. The van der Waals surface area contributed by atoms with Gasteiger partial charge in [-0.25, -0.2) is 0 Å². The summed E-state index contributed by atoms with van der Waals surface area (Å²) in [5, 5.41) is 4.45. The van der Waals surface area contributed by atoms with E-state index in [0.29, 0.717) is 16.7 Å². The summed E-state index contributed by atoms with van der Waals surface area (Å²) in [4.78, 5) is 0. The van der Waals surface area contributed by atoms with E-state index in [0.717, 1.165) is 31.7 Å². The molecule has 0 aromatic heterocycles. The van der Waals surface area contributed by atoms with E-state index in [1.54, 1.807) is 12.1 Å². The highest BCUT2D eigenvalue weighted by Gasteiger charge is 1.99. The molecule has 0 radical (unpaired) electrons. The third kappa shape index (κ3) is 6.16. The Labute approximate surface area is 113 Å². The normalized spacial score (nSPS) is 10.5. The minimum absolute atomic E-state index is 0.536. The number of benzene rings is 1. The molecule has 0 saturated heterocycles. The van der Waals surface area contributed by atoms with Gasteiger partial charge in [-0.15, -0.1) is 0 Å². The minimum atomic E-state index is 0.536. The molecule has 0 amide bonds. The molecule has 0 fully saturated rings. The molecule has 0 heterocycles. The van der Waals surface area contributed by atoms with Crippen LogP contribution in [-0.4, -0.2) is 19.7 Å². The van der Waals surface area contributed by atoms with Crippen LogP contribution in [0.15, 0.2) is 18.2 Å². The van der Waals surface area contributed by atoms with Crippen molar-refractivity contribution in [3.8, 4) is 5.75 Å². The van der Waals surface area contributed by atoms with Gasteiger partial charge in [0.1, 0.15) is 5.75 Å². The van der Waals surface area contributed by atoms with Crippen molar-refractivity contribution in [1.82, 2.24) is 5.32 Å². The van der Waals surface area contributed by atoms with Gasteiger partial charge >= 0.3 is 0 Å². The molecular weight excluding hydrogens is 257 g/mol. The van der Waals surface area contributed by atoms with E-state index >= 15 is 0 Å². The summed E-state index contributed by atoms with van der Waals surface area (Å²) in [6.07, 6.45) is 3.35. The van der Waals surface area contributed by atoms with Crippen molar-refractivity contribution < 1.29 is 4.74 Å². The van der Waals surface area contributed by atoms with Crippen LogP contribution in [0.5, 0.6) is 5.75 Å². The van der Waals surface area contributed by atoms with E-state index < -0.39 is 0 Å². The molecule has 17 heavy (non-hydrogen) atoms. The zero-order chi connectivity index (χ0) is 12.5. The molecule has 1 rings (SSSR count). The second-order valence-corrected chi connectivity index (χ2v) is 4.70. The quantitative estimate of drug-likeness (QED) is 0.720. The summed E-state index contributed by atoms with van der Waals surface area (Å²) in [5.74, 6) is 0.779. The summed E-state index contributed by atoms with van der Waals surface area (Å²) < 4.78 is 5.58. The minimum Gasteiger partial charge on any atom is -0.494 e. The number of halogens is 2. The summed E-state index contributed by atoms with van der Waals surface area (Å²) in [6.45, 7) is 5.03. The summed E-state index contributed by atoms with van der Waals surface area (Å²) >= 11 is 11.7. The molecule has 0 aliphatic rings. The lowest BCUT2D eigenvalue weighted by Crippen LogP contribution is -2.16. The van der Waals surface area contributed by atoms with Crippen molar-refractivity contribution in [2.45, 2.75) is 26.2 Å². The number of hydrogen-bond donors (Lipinski definition) is 1. The fourth-order valence-electron chi connectivity index (χ4n) is 1.41. The van der Waals surface area contributed by atoms with Gasteiger partial charge in [0.15, 0.2) is 0 Å². The van der Waals surface area contributed by atoms with Crippen molar-refractivity contribution in [2.75, 3.05) is 19.7 Å². The number of ether oxygens (including phenoxy) is 1. The molecule has 0 aliphatic heterocycles. The monoisotopic (exact) mass is 275 g/mol. The van der Waals surface area contributed by atoms with Gasteiger partial charge in [0.2, 0.25) is 0 Å². The first-order chi connectivity index (χ1) is 8.24. The Kier molecular flexibility index (Phi) is 7.41. The van der Waals surface area contributed by atoms with Crippen LogP contribution in [0.3, 0.4) is 0 Å². The SMILES string of the molecule is CCCNCCCCOc1ccc(Cl)c(Cl)c1. The van der Waals surface area contributed by atoms with Crippen molar-refractivity contribution in [1.29, 1.82) is 0 Å². The molecule has 1 aromatic carbocycles. The largest absolute Gasteiger partial charge is 0.494 e. The van der Waals surface area contributed by atoms with Gasteiger partial charge in [0.25, 0.3) is 0 Å². The fourth-order valence-corrected chi connectivity index (χ4v) is 1.70. The molecule has 0 bridgehead atoms. The number of unbranched alkanes of at least 4 members (excludes halogenated alkanes) is 1. The molecule has 0 aliphatic carbocycles. The first-order valence-corrected chi connectivity index (χ1v) is 6.78. The van der Waals surface area contributed by atoms with Gasteiger partial charge in [0, 0.05) is 6.07 Å². The van der Waals surface area contributed by atoms with Crippen LogP contribution in [0, 0.1) is 0 Å². The van der Waals surface area contributed by atoms with E-state index in [9.17, 15) is 0 Å². The van der Waals surface area contributed by atoms with E-state index in [2.05, 4.69) is 12.2 Å². The maximum atomic E-state index is 5.89. The molecule has 96 valence electrons. The molecule has 0 atom stereocenters. The van der Waals surface area contributed by atoms with Gasteiger partial charge < -0.3 is 10.1 Å². The predicted octanol–water partition coefficient (Wildman–Crippen LogP) is 4.15. The standard InChI is InChI=1S/C13H19Cl2NO/c1-2-7-16-8-3-4-9-17-11-5-6-12(14)13(15)10-11/h5-6,10,16H,2-4,7-9H2,1H3. The van der Waals surface area contributed by atoms with Crippen molar-refractivity contribution in [2.24, 2.45) is 0 Å². The van der Waals surface area contributed by atoms with Gasteiger partial charge in [-0.05, 0) is 44.5 Å². The lowest BCUT2D eigenvalue weighted by atomic mass is 10.3. The molecule has 1 aromatic rings. The topological polar surface area (TPSA) is 21.3 Å². The van der Waals surface area contributed by atoms with E-state index in [1.807, 2.05) is 6.07 Å². The van der Waals surface area contributed by atoms with Crippen molar-refractivity contribution in [3.05, 3.63) is 28.2 Å². The summed E-state index contributed by atoms with van der Waals surface area (Å²) in [5.41, 5.74) is 0. The Morgan fingerprint density at radius 1 is 1.12 bits per heavy atom. The Morgan fingerprint density at radius 3 is 2.65 bits per heavy atom. The highest BCUT2D eigenvalue weighted by Crippen LogP contribution is 2.26. The maximum Gasteiger partial charge on any atom is 0.120 e. The van der Waals surface area contributed by atoms with Crippen molar-refractivity contribution >= 4 is 23.2 Å². The second-order valence-electron chi connectivity index (χ2n) is 3.88. The third-order valence-electron chi connectivity index (χ3n) is 2.33. The average molecular weight is 276 g/mol. The first-order valence-electron chi connectivity index (χ1n) is 6.02. The first kappa shape index (κ1) is 14.6. The maximum absolute atomic E-state index is 5.89. The molecule has 0 saturated carbocycles. The molecular formula is C13H19Cl2NO. The third-order valence-corrected chi connectivity index (χ3v) is 3.07. The van der Waals surface area contributed by atoms with Gasteiger partial charge in [-0.2, -0.15) is 0 Å². The van der Waals surface area contributed by atoms with Gasteiger partial charge in [-0.3, -0.25) is 0 Å². The van der Waals surface area contributed by atoms with Crippen LogP contribution in [0.2, 0.25) is 10.0 Å². The predicted molar refractivity (Wildman–Crippen MR) is 74.4 cm³/mol. The molecule has 2 nitrogen and oxygen atoms in total. The Bertz CT molecular complexity index is 331. The lowest BCUT2D eigenvalue weighted by molar-refractivity contribution is 0.306. The second kappa shape index (κ2) is 8.62. The smallest absolute Gasteiger partial charge is 0.120 e. The number of hydrogen-bond acceptors (Lipinski definition) is 2. The van der Waals surface area contributed by atoms with E-state index in [-0.39, 0.29) is 0 Å². The number of rotatable bonds is 8. The van der Waals surface area contributed by atoms with Crippen LogP contribution in [0.25, 0.3) is 0 Å². The lowest BCUT2D eigenvalue weighted by Gasteiger charge is -2.07. The Morgan fingerprint density at radius 2 is 1.94 bits per heavy atom. The molecule has 4 heteroatoms. The van der Waals surface area contributed by atoms with Crippen LogP contribution < -0.4 is 10.1 Å². The van der Waals surface area contributed by atoms with Crippen LogP contribution in [-0.2, 0) is 0 Å².